The van der Waals surface area contributed by atoms with Gasteiger partial charge in [0, 0.05) is 11.9 Å². The Bertz CT molecular complexity index is 586. The van der Waals surface area contributed by atoms with Crippen LogP contribution >= 0.6 is 11.8 Å². The highest BCUT2D eigenvalue weighted by Gasteiger charge is 2.11. The highest BCUT2D eigenvalue weighted by Crippen LogP contribution is 2.26. The van der Waals surface area contributed by atoms with Crippen molar-refractivity contribution < 1.29 is 4.79 Å². The number of aromatic nitrogens is 1. The van der Waals surface area contributed by atoms with Crippen molar-refractivity contribution >= 4 is 23.4 Å². The molecule has 0 saturated carbocycles. The number of rotatable bonds is 6. The maximum absolute atomic E-state index is 12.1. The van der Waals surface area contributed by atoms with Crippen molar-refractivity contribution in [1.82, 2.24) is 4.98 Å². The molecule has 0 aliphatic rings. The minimum atomic E-state index is 0.00130. The molecule has 21 heavy (non-hydrogen) atoms. The van der Waals surface area contributed by atoms with Crippen LogP contribution in [0.5, 0.6) is 0 Å². The van der Waals surface area contributed by atoms with Crippen LogP contribution in [-0.4, -0.2) is 16.6 Å². The van der Waals surface area contributed by atoms with Crippen molar-refractivity contribution in [2.24, 2.45) is 0 Å². The van der Waals surface area contributed by atoms with Gasteiger partial charge in [-0.15, -0.1) is 0 Å². The van der Waals surface area contributed by atoms with E-state index in [9.17, 15) is 4.79 Å². The molecule has 3 nitrogen and oxygen atoms in total. The standard InChI is InChI=1S/C17H20N2OS/c1-3-13(2)14-8-4-5-9-15(14)19-16(20)12-21-17-10-6-7-11-18-17/h4-11,13H,3,12H2,1-2H3,(H,19,20)/t13-/m0/s1. The number of nitrogens with zero attached hydrogens (tertiary/aromatic N) is 1. The smallest absolute Gasteiger partial charge is 0.234 e. The average molecular weight is 300 g/mol. The summed E-state index contributed by atoms with van der Waals surface area (Å²) in [5, 5.41) is 3.87. The number of nitrogens with one attached hydrogen (secondary N) is 1. The van der Waals surface area contributed by atoms with Gasteiger partial charge >= 0.3 is 0 Å². The molecule has 0 aliphatic heterocycles. The van der Waals surface area contributed by atoms with Crippen LogP contribution in [0.2, 0.25) is 0 Å². The molecule has 0 spiro atoms. The Morgan fingerprint density at radius 1 is 1.24 bits per heavy atom. The number of hydrogen-bond donors (Lipinski definition) is 1. The predicted molar refractivity (Wildman–Crippen MR) is 88.7 cm³/mol. The number of pyridine rings is 1. The largest absolute Gasteiger partial charge is 0.325 e. The number of thioether (sulfide) groups is 1. The molecule has 0 saturated heterocycles. The fourth-order valence-electron chi connectivity index (χ4n) is 2.02. The van der Waals surface area contributed by atoms with Crippen molar-refractivity contribution in [3.05, 3.63) is 54.2 Å². The summed E-state index contributed by atoms with van der Waals surface area (Å²) in [5.74, 6) is 0.803. The van der Waals surface area contributed by atoms with E-state index in [0.29, 0.717) is 11.7 Å². The van der Waals surface area contributed by atoms with Crippen LogP contribution in [0.15, 0.2) is 53.7 Å². The second-order valence-corrected chi connectivity index (χ2v) is 5.90. The summed E-state index contributed by atoms with van der Waals surface area (Å²) in [5.41, 5.74) is 2.11. The van der Waals surface area contributed by atoms with Crippen molar-refractivity contribution in [1.29, 1.82) is 0 Å². The second-order valence-electron chi connectivity index (χ2n) is 4.90. The van der Waals surface area contributed by atoms with Gasteiger partial charge in [0.15, 0.2) is 0 Å². The lowest BCUT2D eigenvalue weighted by Crippen LogP contribution is -2.15. The van der Waals surface area contributed by atoms with Gasteiger partial charge < -0.3 is 5.32 Å². The van der Waals surface area contributed by atoms with Crippen LogP contribution in [-0.2, 0) is 4.79 Å². The fraction of sp³-hybridized carbons (Fsp3) is 0.294. The molecule has 0 unspecified atom stereocenters. The van der Waals surface area contributed by atoms with Crippen molar-refractivity contribution in [3.63, 3.8) is 0 Å². The number of hydrogen-bond acceptors (Lipinski definition) is 3. The lowest BCUT2D eigenvalue weighted by atomic mass is 9.97. The topological polar surface area (TPSA) is 42.0 Å². The first kappa shape index (κ1) is 15.6. The Morgan fingerprint density at radius 2 is 2.00 bits per heavy atom. The Balaban J connectivity index is 1.97. The van der Waals surface area contributed by atoms with Gasteiger partial charge in [-0.1, -0.05) is 49.9 Å². The molecule has 0 aliphatic carbocycles. The monoisotopic (exact) mass is 300 g/mol. The average Bonchev–Trinajstić information content (AvgIpc) is 2.54. The van der Waals surface area contributed by atoms with Crippen LogP contribution < -0.4 is 5.32 Å². The Kier molecular flexibility index (Phi) is 5.81. The van der Waals surface area contributed by atoms with E-state index in [1.165, 1.54) is 17.3 Å². The van der Waals surface area contributed by atoms with E-state index in [0.717, 1.165) is 17.1 Å². The zero-order chi connectivity index (χ0) is 15.1. The first-order valence-electron chi connectivity index (χ1n) is 7.13. The number of carbonyl (C=O) groups is 1. The van der Waals surface area contributed by atoms with Gasteiger partial charge in [-0.3, -0.25) is 4.79 Å². The van der Waals surface area contributed by atoms with Gasteiger partial charge in [0.1, 0.15) is 0 Å². The van der Waals surface area contributed by atoms with Gasteiger partial charge in [0.2, 0.25) is 5.91 Å². The van der Waals surface area contributed by atoms with E-state index in [4.69, 9.17) is 0 Å². The van der Waals surface area contributed by atoms with Crippen molar-refractivity contribution in [2.75, 3.05) is 11.1 Å². The van der Waals surface area contributed by atoms with Gasteiger partial charge in [0.25, 0.3) is 0 Å². The molecule has 1 heterocycles. The normalized spacial score (nSPS) is 11.9. The molecule has 0 radical (unpaired) electrons. The van der Waals surface area contributed by atoms with Gasteiger partial charge in [-0.2, -0.15) is 0 Å². The minimum absolute atomic E-state index is 0.00130. The van der Waals surface area contributed by atoms with E-state index in [2.05, 4.69) is 30.2 Å². The van der Waals surface area contributed by atoms with Crippen LogP contribution in [0.3, 0.4) is 0 Å². The highest BCUT2D eigenvalue weighted by atomic mass is 32.2. The second kappa shape index (κ2) is 7.84. The zero-order valence-corrected chi connectivity index (χ0v) is 13.2. The number of amides is 1. The quantitative estimate of drug-likeness (QED) is 0.808. The molecule has 0 fully saturated rings. The first-order valence-corrected chi connectivity index (χ1v) is 8.12. The molecule has 1 amide bonds. The van der Waals surface area contributed by atoms with Crippen LogP contribution in [0.4, 0.5) is 5.69 Å². The lowest BCUT2D eigenvalue weighted by molar-refractivity contribution is -0.113. The Hall–Kier alpha value is -1.81. The maximum atomic E-state index is 12.1. The molecule has 4 heteroatoms. The molecule has 1 aromatic carbocycles. The van der Waals surface area contributed by atoms with E-state index in [1.54, 1.807) is 6.20 Å². The summed E-state index contributed by atoms with van der Waals surface area (Å²) in [6, 6.07) is 13.7. The maximum Gasteiger partial charge on any atom is 0.234 e. The molecule has 2 rings (SSSR count). The molecular formula is C17H20N2OS. The fourth-order valence-corrected chi connectivity index (χ4v) is 2.68. The van der Waals surface area contributed by atoms with Crippen LogP contribution in [0, 0.1) is 0 Å². The lowest BCUT2D eigenvalue weighted by Gasteiger charge is -2.15. The van der Waals surface area contributed by atoms with Crippen molar-refractivity contribution in [3.8, 4) is 0 Å². The summed E-state index contributed by atoms with van der Waals surface area (Å²) < 4.78 is 0. The third-order valence-electron chi connectivity index (χ3n) is 3.37. The van der Waals surface area contributed by atoms with Crippen LogP contribution in [0.25, 0.3) is 0 Å². The minimum Gasteiger partial charge on any atom is -0.325 e. The Labute approximate surface area is 130 Å². The number of para-hydroxylation sites is 1. The van der Waals surface area contributed by atoms with Gasteiger partial charge in [-0.25, -0.2) is 4.98 Å². The summed E-state index contributed by atoms with van der Waals surface area (Å²) >= 11 is 1.44. The molecule has 1 aromatic heterocycles. The summed E-state index contributed by atoms with van der Waals surface area (Å²) in [6.07, 6.45) is 2.79. The van der Waals surface area contributed by atoms with E-state index in [-0.39, 0.29) is 5.91 Å². The third kappa shape index (κ3) is 4.60. The third-order valence-corrected chi connectivity index (χ3v) is 4.31. The molecule has 0 bridgehead atoms. The van der Waals surface area contributed by atoms with Gasteiger partial charge in [-0.05, 0) is 36.1 Å². The highest BCUT2D eigenvalue weighted by molar-refractivity contribution is 7.99. The number of carbonyl (C=O) groups excluding carboxylic acids is 1. The predicted octanol–water partition coefficient (Wildman–Crippen LogP) is 4.33. The Morgan fingerprint density at radius 3 is 2.71 bits per heavy atom. The molecule has 2 aromatic rings. The first-order chi connectivity index (χ1) is 10.2. The molecular weight excluding hydrogens is 280 g/mol. The molecule has 1 atom stereocenters. The van der Waals surface area contributed by atoms with E-state index < -0.39 is 0 Å². The molecule has 110 valence electrons. The molecule has 1 N–H and O–H groups in total. The van der Waals surface area contributed by atoms with E-state index >= 15 is 0 Å². The summed E-state index contributed by atoms with van der Waals surface area (Å²) in [7, 11) is 0. The SMILES string of the molecule is CC[C@H](C)c1ccccc1NC(=O)CSc1ccccn1. The van der Waals surface area contributed by atoms with Crippen molar-refractivity contribution in [2.45, 2.75) is 31.2 Å². The summed E-state index contributed by atoms with van der Waals surface area (Å²) in [6.45, 7) is 4.33. The van der Waals surface area contributed by atoms with Crippen LogP contribution in [0.1, 0.15) is 31.7 Å². The summed E-state index contributed by atoms with van der Waals surface area (Å²) in [4.78, 5) is 16.3. The number of benzene rings is 1. The van der Waals surface area contributed by atoms with E-state index in [1.807, 2.05) is 36.4 Å². The van der Waals surface area contributed by atoms with Gasteiger partial charge in [0.05, 0.1) is 10.8 Å². The number of anilines is 1. The zero-order valence-electron chi connectivity index (χ0n) is 12.4.